The van der Waals surface area contributed by atoms with Gasteiger partial charge in [-0.2, -0.15) is 0 Å². The second-order valence-electron chi connectivity index (χ2n) is 6.13. The molecule has 1 aliphatic heterocycles. The maximum Gasteiger partial charge on any atom is 0.254 e. The number of rotatable bonds is 6. The number of imide groups is 1. The maximum atomic E-state index is 12.9. The first-order valence-corrected chi connectivity index (χ1v) is 8.57. The number of aryl methyl sites for hydroxylation is 1. The third-order valence-corrected chi connectivity index (χ3v) is 4.36. The first-order valence-electron chi connectivity index (χ1n) is 8.57. The van der Waals surface area contributed by atoms with E-state index in [0.29, 0.717) is 5.69 Å². The predicted molar refractivity (Wildman–Crippen MR) is 99.4 cm³/mol. The fraction of sp³-hybridized carbons (Fsp3) is 0.190. The Balaban J connectivity index is 1.82. The molecule has 3 rings (SSSR count). The van der Waals surface area contributed by atoms with Gasteiger partial charge in [-0.05, 0) is 29.7 Å². The van der Waals surface area contributed by atoms with E-state index in [1.165, 1.54) is 12.2 Å². The Morgan fingerprint density at radius 1 is 0.923 bits per heavy atom. The molecule has 2 aromatic rings. The van der Waals surface area contributed by atoms with Gasteiger partial charge in [-0.15, -0.1) is 0 Å². The van der Waals surface area contributed by atoms with Crippen molar-refractivity contribution < 1.29 is 14.4 Å². The van der Waals surface area contributed by atoms with E-state index in [1.54, 1.807) is 0 Å². The van der Waals surface area contributed by atoms with E-state index in [-0.39, 0.29) is 12.3 Å². The van der Waals surface area contributed by atoms with E-state index in [2.05, 4.69) is 12.2 Å². The van der Waals surface area contributed by atoms with Crippen LogP contribution in [0.2, 0.25) is 0 Å². The third kappa shape index (κ3) is 3.88. The van der Waals surface area contributed by atoms with Crippen LogP contribution in [-0.4, -0.2) is 28.7 Å². The minimum absolute atomic E-state index is 0.263. The fourth-order valence-corrected chi connectivity index (χ4v) is 2.91. The van der Waals surface area contributed by atoms with Gasteiger partial charge in [0, 0.05) is 24.3 Å². The van der Waals surface area contributed by atoms with Crippen molar-refractivity contribution in [2.24, 2.45) is 0 Å². The normalized spacial score (nSPS) is 14.6. The van der Waals surface area contributed by atoms with Crippen molar-refractivity contribution in [2.45, 2.75) is 25.8 Å². The lowest BCUT2D eigenvalue weighted by Crippen LogP contribution is -2.48. The number of nitrogens with one attached hydrogen (secondary N) is 1. The number of carbonyl (C=O) groups excluding carboxylic acids is 3. The Hall–Kier alpha value is -3.21. The van der Waals surface area contributed by atoms with Crippen molar-refractivity contribution in [1.82, 2.24) is 4.90 Å². The molecule has 1 aliphatic rings. The zero-order valence-electron chi connectivity index (χ0n) is 14.5. The van der Waals surface area contributed by atoms with Crippen molar-refractivity contribution in [3.05, 3.63) is 77.9 Å². The largest absolute Gasteiger partial charge is 0.324 e. The SMILES string of the molecule is CCc1ccc(NC(=O)[C@H](Cc2ccccc2)N2C(=O)C=CC2=O)cc1. The second-order valence-corrected chi connectivity index (χ2v) is 6.13. The van der Waals surface area contributed by atoms with E-state index in [1.807, 2.05) is 54.6 Å². The minimum Gasteiger partial charge on any atom is -0.324 e. The summed E-state index contributed by atoms with van der Waals surface area (Å²) >= 11 is 0. The summed E-state index contributed by atoms with van der Waals surface area (Å²) < 4.78 is 0. The van der Waals surface area contributed by atoms with Crippen LogP contribution in [0.5, 0.6) is 0 Å². The average Bonchev–Trinajstić information content (AvgIpc) is 2.99. The maximum absolute atomic E-state index is 12.9. The topological polar surface area (TPSA) is 66.5 Å². The lowest BCUT2D eigenvalue weighted by atomic mass is 10.0. The molecule has 1 heterocycles. The molecule has 0 saturated carbocycles. The van der Waals surface area contributed by atoms with Crippen LogP contribution in [0.1, 0.15) is 18.1 Å². The zero-order chi connectivity index (χ0) is 18.5. The highest BCUT2D eigenvalue weighted by Crippen LogP contribution is 2.17. The quantitative estimate of drug-likeness (QED) is 0.816. The van der Waals surface area contributed by atoms with Crippen LogP contribution in [0.25, 0.3) is 0 Å². The van der Waals surface area contributed by atoms with Gasteiger partial charge in [0.05, 0.1) is 0 Å². The first kappa shape index (κ1) is 17.6. The van der Waals surface area contributed by atoms with Gasteiger partial charge in [0.1, 0.15) is 6.04 Å². The summed E-state index contributed by atoms with van der Waals surface area (Å²) in [7, 11) is 0. The van der Waals surface area contributed by atoms with E-state index in [0.717, 1.165) is 22.4 Å². The van der Waals surface area contributed by atoms with Crippen LogP contribution in [0.3, 0.4) is 0 Å². The van der Waals surface area contributed by atoms with Crippen molar-refractivity contribution >= 4 is 23.4 Å². The lowest BCUT2D eigenvalue weighted by molar-refractivity contribution is -0.143. The Morgan fingerprint density at radius 3 is 2.12 bits per heavy atom. The van der Waals surface area contributed by atoms with E-state index < -0.39 is 17.9 Å². The number of benzene rings is 2. The van der Waals surface area contributed by atoms with Crippen molar-refractivity contribution in [3.63, 3.8) is 0 Å². The summed E-state index contributed by atoms with van der Waals surface area (Å²) in [6.07, 6.45) is 3.57. The molecule has 0 fully saturated rings. The van der Waals surface area contributed by atoms with Crippen molar-refractivity contribution in [1.29, 1.82) is 0 Å². The Labute approximate surface area is 152 Å². The summed E-state index contributed by atoms with van der Waals surface area (Å²) in [5.41, 5.74) is 2.68. The van der Waals surface area contributed by atoms with Gasteiger partial charge >= 0.3 is 0 Å². The number of hydrogen-bond acceptors (Lipinski definition) is 3. The van der Waals surface area contributed by atoms with Gasteiger partial charge in [0.25, 0.3) is 11.8 Å². The van der Waals surface area contributed by atoms with Gasteiger partial charge in [-0.3, -0.25) is 19.3 Å². The molecule has 0 aromatic heterocycles. The molecule has 5 heteroatoms. The number of amides is 3. The number of anilines is 1. The molecular weight excluding hydrogens is 328 g/mol. The van der Waals surface area contributed by atoms with Crippen molar-refractivity contribution in [2.75, 3.05) is 5.32 Å². The molecule has 1 N–H and O–H groups in total. The van der Waals surface area contributed by atoms with Crippen LogP contribution in [0.4, 0.5) is 5.69 Å². The van der Waals surface area contributed by atoms with Crippen LogP contribution in [0, 0.1) is 0 Å². The average molecular weight is 348 g/mol. The van der Waals surface area contributed by atoms with E-state index in [4.69, 9.17) is 0 Å². The van der Waals surface area contributed by atoms with Crippen LogP contribution >= 0.6 is 0 Å². The highest BCUT2D eigenvalue weighted by atomic mass is 16.2. The van der Waals surface area contributed by atoms with Gasteiger partial charge in [0.15, 0.2) is 0 Å². The molecule has 0 unspecified atom stereocenters. The van der Waals surface area contributed by atoms with Gasteiger partial charge in [-0.1, -0.05) is 49.4 Å². The molecule has 132 valence electrons. The van der Waals surface area contributed by atoms with E-state index >= 15 is 0 Å². The van der Waals surface area contributed by atoms with Gasteiger partial charge < -0.3 is 5.32 Å². The van der Waals surface area contributed by atoms with Gasteiger partial charge in [-0.25, -0.2) is 0 Å². The summed E-state index contributed by atoms with van der Waals surface area (Å²) in [5.74, 6) is -1.32. The molecule has 0 radical (unpaired) electrons. The second kappa shape index (κ2) is 7.78. The highest BCUT2D eigenvalue weighted by Gasteiger charge is 2.35. The van der Waals surface area contributed by atoms with Crippen LogP contribution < -0.4 is 5.32 Å². The molecule has 2 aromatic carbocycles. The Morgan fingerprint density at radius 2 is 1.54 bits per heavy atom. The number of hydrogen-bond donors (Lipinski definition) is 1. The zero-order valence-corrected chi connectivity index (χ0v) is 14.5. The Kier molecular flexibility index (Phi) is 5.27. The summed E-state index contributed by atoms with van der Waals surface area (Å²) in [6, 6.07) is 16.0. The molecular formula is C21H20N2O3. The van der Waals surface area contributed by atoms with Crippen LogP contribution in [-0.2, 0) is 27.2 Å². The Bertz CT molecular complexity index is 823. The number of nitrogens with zero attached hydrogens (tertiary/aromatic N) is 1. The molecule has 0 aliphatic carbocycles. The minimum atomic E-state index is -0.904. The van der Waals surface area contributed by atoms with Gasteiger partial charge in [0.2, 0.25) is 5.91 Å². The molecule has 5 nitrogen and oxygen atoms in total. The molecule has 0 saturated heterocycles. The predicted octanol–water partition coefficient (Wildman–Crippen LogP) is 2.72. The lowest BCUT2D eigenvalue weighted by Gasteiger charge is -2.25. The fourth-order valence-electron chi connectivity index (χ4n) is 2.91. The monoisotopic (exact) mass is 348 g/mol. The summed E-state index contributed by atoms with van der Waals surface area (Å²) in [5, 5.41) is 2.82. The molecule has 0 spiro atoms. The number of carbonyl (C=O) groups is 3. The summed E-state index contributed by atoms with van der Waals surface area (Å²) in [4.78, 5) is 38.1. The first-order chi connectivity index (χ1) is 12.6. The highest BCUT2D eigenvalue weighted by molar-refractivity contribution is 6.16. The molecule has 3 amide bonds. The van der Waals surface area contributed by atoms with E-state index in [9.17, 15) is 14.4 Å². The molecule has 1 atom stereocenters. The summed E-state index contributed by atoms with van der Waals surface area (Å²) in [6.45, 7) is 2.06. The smallest absolute Gasteiger partial charge is 0.254 e. The third-order valence-electron chi connectivity index (χ3n) is 4.36. The van der Waals surface area contributed by atoms with Crippen molar-refractivity contribution in [3.8, 4) is 0 Å². The standard InChI is InChI=1S/C21H20N2O3/c1-2-15-8-10-17(11-9-15)22-21(26)18(14-16-6-4-3-5-7-16)23-19(24)12-13-20(23)25/h3-13,18H,2,14H2,1H3,(H,22,26)/t18-/m0/s1. The molecule has 26 heavy (non-hydrogen) atoms. The van der Waals surface area contributed by atoms with Crippen LogP contribution in [0.15, 0.2) is 66.7 Å². The molecule has 0 bridgehead atoms.